The van der Waals surface area contributed by atoms with Crippen molar-refractivity contribution in [3.8, 4) is 0 Å². The highest BCUT2D eigenvalue weighted by Crippen LogP contribution is 2.18. The first-order valence-electron chi connectivity index (χ1n) is 5.53. The number of nitrogen functional groups attached to an aromatic ring is 1. The molecule has 0 radical (unpaired) electrons. The second kappa shape index (κ2) is 5.84. The van der Waals surface area contributed by atoms with Gasteiger partial charge in [0.15, 0.2) is 0 Å². The SMILES string of the molecule is Nc1cccc(F)c1C(=O)OCc1cccc(Br)c1. The van der Waals surface area contributed by atoms with Crippen LogP contribution in [0.1, 0.15) is 15.9 Å². The molecule has 0 atom stereocenters. The Kier molecular flexibility index (Phi) is 4.16. The molecule has 19 heavy (non-hydrogen) atoms. The molecule has 0 bridgehead atoms. The summed E-state index contributed by atoms with van der Waals surface area (Å²) in [6.07, 6.45) is 0. The van der Waals surface area contributed by atoms with E-state index in [4.69, 9.17) is 10.5 Å². The molecule has 0 aliphatic rings. The quantitative estimate of drug-likeness (QED) is 0.694. The molecule has 5 heteroatoms. The summed E-state index contributed by atoms with van der Waals surface area (Å²) in [5.41, 5.74) is 6.21. The second-order valence-corrected chi connectivity index (χ2v) is 4.83. The van der Waals surface area contributed by atoms with Crippen LogP contribution in [0.25, 0.3) is 0 Å². The van der Waals surface area contributed by atoms with Gasteiger partial charge in [-0.25, -0.2) is 9.18 Å². The smallest absolute Gasteiger partial charge is 0.343 e. The fourth-order valence-corrected chi connectivity index (χ4v) is 2.05. The van der Waals surface area contributed by atoms with E-state index in [0.717, 1.165) is 10.0 Å². The van der Waals surface area contributed by atoms with Gasteiger partial charge in [-0.2, -0.15) is 0 Å². The van der Waals surface area contributed by atoms with Crippen molar-refractivity contribution < 1.29 is 13.9 Å². The van der Waals surface area contributed by atoms with Crippen LogP contribution in [0.5, 0.6) is 0 Å². The van der Waals surface area contributed by atoms with E-state index in [1.807, 2.05) is 24.3 Å². The van der Waals surface area contributed by atoms with E-state index < -0.39 is 11.8 Å². The lowest BCUT2D eigenvalue weighted by molar-refractivity contribution is 0.0468. The Morgan fingerprint density at radius 1 is 1.26 bits per heavy atom. The molecule has 2 aromatic carbocycles. The zero-order chi connectivity index (χ0) is 13.8. The summed E-state index contributed by atoms with van der Waals surface area (Å²) in [7, 11) is 0. The van der Waals surface area contributed by atoms with Crippen LogP contribution in [0.3, 0.4) is 0 Å². The van der Waals surface area contributed by atoms with E-state index in [-0.39, 0.29) is 17.9 Å². The highest BCUT2D eigenvalue weighted by molar-refractivity contribution is 9.10. The molecular weight excluding hydrogens is 313 g/mol. The predicted octanol–water partition coefficient (Wildman–Crippen LogP) is 3.53. The van der Waals surface area contributed by atoms with Crippen LogP contribution in [-0.2, 0) is 11.3 Å². The van der Waals surface area contributed by atoms with Gasteiger partial charge in [-0.05, 0) is 29.8 Å². The van der Waals surface area contributed by atoms with Gasteiger partial charge in [0.25, 0.3) is 0 Å². The van der Waals surface area contributed by atoms with Crippen LogP contribution < -0.4 is 5.73 Å². The maximum Gasteiger partial charge on any atom is 0.343 e. The first kappa shape index (κ1) is 13.5. The van der Waals surface area contributed by atoms with Gasteiger partial charge in [-0.1, -0.05) is 34.1 Å². The summed E-state index contributed by atoms with van der Waals surface area (Å²) in [5.74, 6) is -1.45. The molecule has 0 saturated carbocycles. The number of ether oxygens (including phenoxy) is 1. The van der Waals surface area contributed by atoms with Crippen LogP contribution in [0, 0.1) is 5.82 Å². The van der Waals surface area contributed by atoms with Crippen LogP contribution in [0.4, 0.5) is 10.1 Å². The Hall–Kier alpha value is -1.88. The van der Waals surface area contributed by atoms with E-state index in [2.05, 4.69) is 15.9 Å². The monoisotopic (exact) mass is 323 g/mol. The van der Waals surface area contributed by atoms with Crippen molar-refractivity contribution in [2.24, 2.45) is 0 Å². The molecule has 98 valence electrons. The third-order valence-corrected chi connectivity index (χ3v) is 3.00. The number of esters is 1. The lowest BCUT2D eigenvalue weighted by Crippen LogP contribution is -2.10. The number of anilines is 1. The molecule has 0 fully saturated rings. The van der Waals surface area contributed by atoms with E-state index in [1.165, 1.54) is 18.2 Å². The topological polar surface area (TPSA) is 52.3 Å². The summed E-state index contributed by atoms with van der Waals surface area (Å²) in [6.45, 7) is 0.0616. The Bertz CT molecular complexity index is 596. The zero-order valence-corrected chi connectivity index (χ0v) is 11.5. The van der Waals surface area contributed by atoms with Crippen molar-refractivity contribution in [2.45, 2.75) is 6.61 Å². The minimum absolute atomic E-state index is 0.0616. The Morgan fingerprint density at radius 2 is 2.00 bits per heavy atom. The van der Waals surface area contributed by atoms with Crippen molar-refractivity contribution in [1.82, 2.24) is 0 Å². The van der Waals surface area contributed by atoms with Gasteiger partial charge in [0, 0.05) is 10.2 Å². The van der Waals surface area contributed by atoms with Gasteiger partial charge in [0.1, 0.15) is 18.0 Å². The number of benzene rings is 2. The van der Waals surface area contributed by atoms with Crippen molar-refractivity contribution in [2.75, 3.05) is 5.73 Å². The third kappa shape index (κ3) is 3.32. The highest BCUT2D eigenvalue weighted by atomic mass is 79.9. The zero-order valence-electron chi connectivity index (χ0n) is 9.90. The van der Waals surface area contributed by atoms with Crippen LogP contribution in [0.2, 0.25) is 0 Å². The normalized spacial score (nSPS) is 10.2. The van der Waals surface area contributed by atoms with E-state index in [9.17, 15) is 9.18 Å². The van der Waals surface area contributed by atoms with Gasteiger partial charge in [-0.15, -0.1) is 0 Å². The van der Waals surface area contributed by atoms with Crippen molar-refractivity contribution in [3.05, 3.63) is 63.9 Å². The highest BCUT2D eigenvalue weighted by Gasteiger charge is 2.16. The molecule has 0 spiro atoms. The number of hydrogen-bond donors (Lipinski definition) is 1. The van der Waals surface area contributed by atoms with Gasteiger partial charge in [0.05, 0.1) is 0 Å². The van der Waals surface area contributed by atoms with Gasteiger partial charge in [-0.3, -0.25) is 0 Å². The van der Waals surface area contributed by atoms with Crippen molar-refractivity contribution in [1.29, 1.82) is 0 Å². The second-order valence-electron chi connectivity index (χ2n) is 3.91. The molecule has 0 aromatic heterocycles. The lowest BCUT2D eigenvalue weighted by atomic mass is 10.1. The van der Waals surface area contributed by atoms with Gasteiger partial charge in [0.2, 0.25) is 0 Å². The van der Waals surface area contributed by atoms with E-state index >= 15 is 0 Å². The maximum atomic E-state index is 13.5. The largest absolute Gasteiger partial charge is 0.457 e. The average molecular weight is 324 g/mol. The fraction of sp³-hybridized carbons (Fsp3) is 0.0714. The summed E-state index contributed by atoms with van der Waals surface area (Å²) in [4.78, 5) is 11.8. The Morgan fingerprint density at radius 3 is 2.68 bits per heavy atom. The number of carbonyl (C=O) groups excluding carboxylic acids is 1. The Labute approximate surface area is 118 Å². The Balaban J connectivity index is 2.10. The predicted molar refractivity (Wildman–Crippen MR) is 74.1 cm³/mol. The molecule has 0 aliphatic carbocycles. The van der Waals surface area contributed by atoms with Crippen LogP contribution >= 0.6 is 15.9 Å². The minimum Gasteiger partial charge on any atom is -0.457 e. The van der Waals surface area contributed by atoms with E-state index in [0.29, 0.717) is 0 Å². The number of carbonyl (C=O) groups is 1. The number of hydrogen-bond acceptors (Lipinski definition) is 3. The molecule has 2 N–H and O–H groups in total. The summed E-state index contributed by atoms with van der Waals surface area (Å²) >= 11 is 3.32. The molecular formula is C14H11BrFNO2. The first-order chi connectivity index (χ1) is 9.08. The molecule has 2 aromatic rings. The molecule has 3 nitrogen and oxygen atoms in total. The standard InChI is InChI=1S/C14H11BrFNO2/c15-10-4-1-3-9(7-10)8-19-14(18)13-11(16)5-2-6-12(13)17/h1-7H,8,17H2. The minimum atomic E-state index is -0.768. The molecule has 0 saturated heterocycles. The molecule has 0 unspecified atom stereocenters. The molecule has 2 rings (SSSR count). The van der Waals surface area contributed by atoms with Crippen molar-refractivity contribution >= 4 is 27.6 Å². The van der Waals surface area contributed by atoms with Gasteiger partial charge < -0.3 is 10.5 Å². The summed E-state index contributed by atoms with van der Waals surface area (Å²) in [6, 6.07) is 11.4. The third-order valence-electron chi connectivity index (χ3n) is 2.51. The molecule has 0 amide bonds. The molecule has 0 heterocycles. The van der Waals surface area contributed by atoms with Crippen LogP contribution in [0.15, 0.2) is 46.9 Å². The first-order valence-corrected chi connectivity index (χ1v) is 6.33. The summed E-state index contributed by atoms with van der Waals surface area (Å²) in [5, 5.41) is 0. The number of rotatable bonds is 3. The summed E-state index contributed by atoms with van der Waals surface area (Å²) < 4.78 is 19.4. The van der Waals surface area contributed by atoms with Crippen LogP contribution in [-0.4, -0.2) is 5.97 Å². The van der Waals surface area contributed by atoms with Crippen molar-refractivity contribution in [3.63, 3.8) is 0 Å². The number of halogens is 2. The lowest BCUT2D eigenvalue weighted by Gasteiger charge is -2.08. The number of nitrogens with two attached hydrogens (primary N) is 1. The fourth-order valence-electron chi connectivity index (χ4n) is 1.60. The molecule has 0 aliphatic heterocycles. The van der Waals surface area contributed by atoms with Gasteiger partial charge >= 0.3 is 5.97 Å². The maximum absolute atomic E-state index is 13.5. The average Bonchev–Trinajstić information content (AvgIpc) is 2.36. The van der Waals surface area contributed by atoms with E-state index in [1.54, 1.807) is 0 Å².